The summed E-state index contributed by atoms with van der Waals surface area (Å²) in [6, 6.07) is 24.1. The van der Waals surface area contributed by atoms with E-state index in [1.165, 1.54) is 33.4 Å². The molecule has 0 saturated carbocycles. The van der Waals surface area contributed by atoms with Crippen molar-refractivity contribution in [2.45, 2.75) is 12.3 Å². The Bertz CT molecular complexity index is 904. The fraction of sp³-hybridized carbons (Fsp3) is 0.130. The fourth-order valence-electron chi connectivity index (χ4n) is 4.30. The molecule has 24 heavy (non-hydrogen) atoms. The molecule has 0 bridgehead atoms. The summed E-state index contributed by atoms with van der Waals surface area (Å²) in [5.41, 5.74) is 8.33. The Morgan fingerprint density at radius 3 is 2.04 bits per heavy atom. The summed E-state index contributed by atoms with van der Waals surface area (Å²) in [4.78, 5) is 0. The van der Waals surface area contributed by atoms with Crippen LogP contribution in [0, 0.1) is 12.0 Å². The van der Waals surface area contributed by atoms with Gasteiger partial charge >= 0.3 is 0 Å². The van der Waals surface area contributed by atoms with Gasteiger partial charge < -0.3 is 0 Å². The summed E-state index contributed by atoms with van der Waals surface area (Å²) >= 11 is 1.76. The van der Waals surface area contributed by atoms with Crippen molar-refractivity contribution in [3.8, 4) is 0 Å². The fourth-order valence-corrected chi connectivity index (χ4v) is 4.95. The number of hydrogen-bond donors (Lipinski definition) is 0. The Labute approximate surface area is 146 Å². The minimum atomic E-state index is -0.0511. The molecule has 3 aromatic rings. The number of hydrogen-bond acceptors (Lipinski definition) is 1. The van der Waals surface area contributed by atoms with Crippen LogP contribution in [-0.4, -0.2) is 0 Å². The van der Waals surface area contributed by atoms with Gasteiger partial charge in [0.1, 0.15) is 0 Å². The Morgan fingerprint density at radius 1 is 0.875 bits per heavy atom. The van der Waals surface area contributed by atoms with Gasteiger partial charge in [0.15, 0.2) is 0 Å². The van der Waals surface area contributed by atoms with Gasteiger partial charge in [-0.1, -0.05) is 67.6 Å². The Balaban J connectivity index is 1.72. The van der Waals surface area contributed by atoms with Crippen molar-refractivity contribution < 1.29 is 0 Å². The Hall–Kier alpha value is -2.38. The average Bonchev–Trinajstić information content (AvgIpc) is 2.92. The zero-order valence-electron chi connectivity index (χ0n) is 13.5. The van der Waals surface area contributed by atoms with Crippen molar-refractivity contribution >= 4 is 16.9 Å². The van der Waals surface area contributed by atoms with E-state index < -0.39 is 0 Å². The minimum absolute atomic E-state index is 0.0511. The maximum Gasteiger partial charge on any atom is 0.0680 e. The number of thiophene rings is 1. The maximum absolute atomic E-state index is 3.70. The number of benzene rings is 2. The summed E-state index contributed by atoms with van der Waals surface area (Å²) in [6.07, 6.45) is 3.70. The van der Waals surface area contributed by atoms with E-state index in [-0.39, 0.29) is 5.41 Å². The highest BCUT2D eigenvalue weighted by atomic mass is 32.1. The van der Waals surface area contributed by atoms with Gasteiger partial charge in [0.2, 0.25) is 0 Å². The van der Waals surface area contributed by atoms with E-state index in [0.29, 0.717) is 5.92 Å². The second-order valence-corrected chi connectivity index (χ2v) is 7.30. The topological polar surface area (TPSA) is 0 Å². The molecule has 1 radical (unpaired) electrons. The Morgan fingerprint density at radius 2 is 1.50 bits per heavy atom. The summed E-state index contributed by atoms with van der Waals surface area (Å²) in [7, 11) is 0. The average molecular weight is 325 g/mol. The van der Waals surface area contributed by atoms with Crippen molar-refractivity contribution in [2.75, 3.05) is 0 Å². The van der Waals surface area contributed by atoms with E-state index in [0.717, 1.165) is 0 Å². The molecule has 0 nitrogen and oxygen atoms in total. The molecule has 0 fully saturated rings. The van der Waals surface area contributed by atoms with Gasteiger partial charge in [-0.25, -0.2) is 0 Å². The van der Waals surface area contributed by atoms with Gasteiger partial charge in [0.05, 0.1) is 5.41 Å². The molecule has 1 heterocycles. The molecular formula is C23H17S. The molecule has 5 rings (SSSR count). The van der Waals surface area contributed by atoms with E-state index in [2.05, 4.69) is 90.5 Å². The molecule has 2 aliphatic rings. The van der Waals surface area contributed by atoms with Gasteiger partial charge in [-0.2, -0.15) is 11.3 Å². The highest BCUT2D eigenvalue weighted by Crippen LogP contribution is 2.68. The van der Waals surface area contributed by atoms with Crippen LogP contribution >= 0.6 is 11.3 Å². The molecule has 1 unspecified atom stereocenters. The summed E-state index contributed by atoms with van der Waals surface area (Å²) in [5, 5.41) is 4.40. The Kier molecular flexibility index (Phi) is 2.95. The molecular weight excluding hydrogens is 308 g/mol. The molecule has 1 aromatic heterocycles. The van der Waals surface area contributed by atoms with Crippen LogP contribution in [0.25, 0.3) is 5.57 Å². The smallest absolute Gasteiger partial charge is 0.0680 e. The van der Waals surface area contributed by atoms with Gasteiger partial charge in [-0.15, -0.1) is 0 Å². The molecule has 0 N–H and O–H groups in total. The lowest BCUT2D eigenvalue weighted by Gasteiger charge is -2.26. The number of rotatable bonds is 3. The monoisotopic (exact) mass is 325 g/mol. The van der Waals surface area contributed by atoms with Crippen LogP contribution in [0.3, 0.4) is 0 Å². The highest BCUT2D eigenvalue weighted by Gasteiger charge is 2.60. The molecule has 2 aliphatic carbocycles. The zero-order chi connectivity index (χ0) is 16.1. The lowest BCUT2D eigenvalue weighted by molar-refractivity contribution is 0.748. The van der Waals surface area contributed by atoms with Gasteiger partial charge in [-0.3, -0.25) is 0 Å². The molecule has 115 valence electrons. The third-order valence-electron chi connectivity index (χ3n) is 5.25. The van der Waals surface area contributed by atoms with E-state index in [4.69, 9.17) is 0 Å². The van der Waals surface area contributed by atoms with Crippen LogP contribution in [0.4, 0.5) is 0 Å². The van der Waals surface area contributed by atoms with Gasteiger partial charge in [0, 0.05) is 5.92 Å². The van der Waals surface area contributed by atoms with Crippen LogP contribution in [0.2, 0.25) is 0 Å². The van der Waals surface area contributed by atoms with Crippen LogP contribution in [0.5, 0.6) is 0 Å². The summed E-state index contributed by atoms with van der Waals surface area (Å²) < 4.78 is 0. The predicted molar refractivity (Wildman–Crippen MR) is 101 cm³/mol. The molecule has 0 amide bonds. The second kappa shape index (κ2) is 5.06. The molecule has 2 aromatic carbocycles. The summed E-state index contributed by atoms with van der Waals surface area (Å²) in [5.74, 6) is 0.371. The van der Waals surface area contributed by atoms with Gasteiger partial charge in [-0.05, 0) is 56.3 Å². The zero-order valence-corrected chi connectivity index (χ0v) is 14.3. The number of allylic oxidation sites excluding steroid dienone is 4. The first-order valence-electron chi connectivity index (χ1n) is 8.36. The van der Waals surface area contributed by atoms with Crippen molar-refractivity contribution in [1.82, 2.24) is 0 Å². The predicted octanol–water partition coefficient (Wildman–Crippen LogP) is 5.88. The van der Waals surface area contributed by atoms with Crippen molar-refractivity contribution in [3.05, 3.63) is 111 Å². The van der Waals surface area contributed by atoms with Crippen LogP contribution in [0.15, 0.2) is 88.6 Å². The van der Waals surface area contributed by atoms with Crippen molar-refractivity contribution in [1.29, 1.82) is 0 Å². The molecule has 0 spiro atoms. The first-order valence-corrected chi connectivity index (χ1v) is 9.30. The standard InChI is InChI=1S/C23H17S/c1-16-14-20(17-12-13-24-15-17)22-21(16)23(22,18-8-4-2-5-9-18)19-10-6-3-7-11-19/h2-13,15-16H,1H3. The van der Waals surface area contributed by atoms with Crippen LogP contribution < -0.4 is 0 Å². The largest absolute Gasteiger partial charge is 0.152 e. The van der Waals surface area contributed by atoms with E-state index in [1.807, 2.05) is 0 Å². The SMILES string of the molecule is CC1[C]=C(c2ccsc2)C2=C1C2(c1ccccc1)c1ccccc1. The molecule has 0 saturated heterocycles. The van der Waals surface area contributed by atoms with E-state index in [9.17, 15) is 0 Å². The molecule has 0 aliphatic heterocycles. The lowest BCUT2D eigenvalue weighted by Crippen LogP contribution is -2.20. The molecule has 1 heteroatoms. The van der Waals surface area contributed by atoms with E-state index in [1.54, 1.807) is 11.3 Å². The van der Waals surface area contributed by atoms with Crippen molar-refractivity contribution in [2.24, 2.45) is 5.92 Å². The first-order chi connectivity index (χ1) is 11.8. The second-order valence-electron chi connectivity index (χ2n) is 6.52. The minimum Gasteiger partial charge on any atom is -0.152 e. The third-order valence-corrected chi connectivity index (χ3v) is 5.94. The van der Waals surface area contributed by atoms with Crippen LogP contribution in [0.1, 0.15) is 23.6 Å². The summed E-state index contributed by atoms with van der Waals surface area (Å²) in [6.45, 7) is 2.28. The lowest BCUT2D eigenvalue weighted by atomic mass is 9.75. The third kappa shape index (κ3) is 1.73. The normalized spacial score (nSPS) is 20.7. The quantitative estimate of drug-likeness (QED) is 0.564. The van der Waals surface area contributed by atoms with Crippen molar-refractivity contribution in [3.63, 3.8) is 0 Å². The van der Waals surface area contributed by atoms with E-state index >= 15 is 0 Å². The maximum atomic E-state index is 3.70. The van der Waals surface area contributed by atoms with Gasteiger partial charge in [0.25, 0.3) is 0 Å². The molecule has 1 atom stereocenters. The van der Waals surface area contributed by atoms with Crippen LogP contribution in [-0.2, 0) is 5.41 Å². The first kappa shape index (κ1) is 14.0. The highest BCUT2D eigenvalue weighted by molar-refractivity contribution is 7.08.